The van der Waals surface area contributed by atoms with Crippen LogP contribution in [0.5, 0.6) is 0 Å². The van der Waals surface area contributed by atoms with E-state index in [0.717, 1.165) is 42.9 Å². The van der Waals surface area contributed by atoms with Gasteiger partial charge in [0.1, 0.15) is 6.61 Å². The number of nitrogens with one attached hydrogen (secondary N) is 1. The molecule has 1 amide bonds. The van der Waals surface area contributed by atoms with E-state index in [-0.39, 0.29) is 13.2 Å². The summed E-state index contributed by atoms with van der Waals surface area (Å²) < 4.78 is 23.4. The molecule has 2 saturated heterocycles. The van der Waals surface area contributed by atoms with Crippen LogP contribution in [0.1, 0.15) is 38.8 Å². The van der Waals surface area contributed by atoms with Crippen LogP contribution in [0.25, 0.3) is 6.08 Å². The molecule has 2 aliphatic rings. The fourth-order valence-corrected chi connectivity index (χ4v) is 3.96. The fraction of sp³-hybridized carbons (Fsp3) is 0.444. The van der Waals surface area contributed by atoms with Crippen LogP contribution in [-0.4, -0.2) is 57.3 Å². The number of ether oxygens (including phenoxy) is 2. The standard InChI is InChI=1S/C27H35BN2O5/c1-26(2)27(3,4)35-28(34-26)23(19-29-25(31)33-20-22-8-6-5-7-9-22)18-21-10-12-24(13-11-21)30-14-16-32-17-15-30/h5-13,18H,14-17,19-20H2,1-4H3,(H,29,31). The van der Waals surface area contributed by atoms with Crippen molar-refractivity contribution in [3.8, 4) is 0 Å². The zero-order chi connectivity index (χ0) is 24.9. The minimum Gasteiger partial charge on any atom is -0.445 e. The number of hydrogen-bond acceptors (Lipinski definition) is 6. The van der Waals surface area contributed by atoms with E-state index in [1.807, 2.05) is 64.1 Å². The quantitative estimate of drug-likeness (QED) is 0.593. The number of hydrogen-bond donors (Lipinski definition) is 1. The van der Waals surface area contributed by atoms with Crippen molar-refractivity contribution >= 4 is 25.0 Å². The van der Waals surface area contributed by atoms with Gasteiger partial charge in [-0.2, -0.15) is 0 Å². The molecule has 4 rings (SSSR count). The summed E-state index contributed by atoms with van der Waals surface area (Å²) in [4.78, 5) is 14.7. The van der Waals surface area contributed by atoms with Gasteiger partial charge >= 0.3 is 13.2 Å². The lowest BCUT2D eigenvalue weighted by molar-refractivity contribution is 0.00578. The Kier molecular flexibility index (Phi) is 7.84. The first-order chi connectivity index (χ1) is 16.7. The number of carbonyl (C=O) groups excluding carboxylic acids is 1. The van der Waals surface area contributed by atoms with Gasteiger partial charge in [-0.05, 0) is 56.4 Å². The normalized spacial score (nSPS) is 19.5. The van der Waals surface area contributed by atoms with Gasteiger partial charge in [-0.25, -0.2) is 4.79 Å². The molecule has 0 radical (unpaired) electrons. The highest BCUT2D eigenvalue weighted by Crippen LogP contribution is 2.38. The van der Waals surface area contributed by atoms with Crippen LogP contribution in [0.2, 0.25) is 0 Å². The van der Waals surface area contributed by atoms with E-state index in [1.165, 1.54) is 5.69 Å². The molecule has 0 atom stereocenters. The van der Waals surface area contributed by atoms with E-state index >= 15 is 0 Å². The van der Waals surface area contributed by atoms with Crippen molar-refractivity contribution in [3.63, 3.8) is 0 Å². The minimum absolute atomic E-state index is 0.214. The van der Waals surface area contributed by atoms with Gasteiger partial charge in [-0.1, -0.05) is 48.5 Å². The van der Waals surface area contributed by atoms with Gasteiger partial charge in [0.15, 0.2) is 0 Å². The van der Waals surface area contributed by atoms with Crippen molar-refractivity contribution in [1.82, 2.24) is 5.32 Å². The maximum absolute atomic E-state index is 12.4. The summed E-state index contributed by atoms with van der Waals surface area (Å²) in [5, 5.41) is 2.86. The van der Waals surface area contributed by atoms with Crippen LogP contribution in [-0.2, 0) is 25.4 Å². The Morgan fingerprint density at radius 2 is 1.63 bits per heavy atom. The van der Waals surface area contributed by atoms with Crippen LogP contribution in [0.3, 0.4) is 0 Å². The molecular weight excluding hydrogens is 443 g/mol. The summed E-state index contributed by atoms with van der Waals surface area (Å²) in [6.07, 6.45) is 1.53. The molecule has 35 heavy (non-hydrogen) atoms. The average Bonchev–Trinajstić information content (AvgIpc) is 3.08. The Balaban J connectivity index is 1.46. The maximum Gasteiger partial charge on any atom is 0.492 e. The smallest absolute Gasteiger partial charge is 0.445 e. The Bertz CT molecular complexity index is 1000. The van der Waals surface area contributed by atoms with Crippen molar-refractivity contribution in [3.05, 3.63) is 71.2 Å². The highest BCUT2D eigenvalue weighted by molar-refractivity contribution is 6.56. The van der Waals surface area contributed by atoms with Gasteiger partial charge < -0.3 is 29.0 Å². The largest absolute Gasteiger partial charge is 0.492 e. The van der Waals surface area contributed by atoms with E-state index in [4.69, 9.17) is 18.8 Å². The summed E-state index contributed by atoms with van der Waals surface area (Å²) in [6, 6.07) is 18.0. The molecule has 0 aromatic heterocycles. The van der Waals surface area contributed by atoms with Crippen LogP contribution < -0.4 is 10.2 Å². The van der Waals surface area contributed by atoms with E-state index in [2.05, 4.69) is 34.5 Å². The third kappa shape index (κ3) is 6.45. The van der Waals surface area contributed by atoms with Gasteiger partial charge in [0, 0.05) is 25.3 Å². The van der Waals surface area contributed by atoms with E-state index in [0.29, 0.717) is 0 Å². The van der Waals surface area contributed by atoms with Gasteiger partial charge in [0.05, 0.1) is 24.4 Å². The molecule has 2 heterocycles. The monoisotopic (exact) mass is 478 g/mol. The van der Waals surface area contributed by atoms with E-state index < -0.39 is 24.4 Å². The minimum atomic E-state index is -0.576. The summed E-state index contributed by atoms with van der Waals surface area (Å²) in [7, 11) is -0.576. The summed E-state index contributed by atoms with van der Waals surface area (Å²) >= 11 is 0. The number of carbonyl (C=O) groups is 1. The molecule has 1 N–H and O–H groups in total. The van der Waals surface area contributed by atoms with Gasteiger partial charge in [-0.3, -0.25) is 0 Å². The lowest BCUT2D eigenvalue weighted by Gasteiger charge is -2.32. The van der Waals surface area contributed by atoms with Crippen molar-refractivity contribution < 1.29 is 23.6 Å². The molecule has 0 bridgehead atoms. The molecule has 2 fully saturated rings. The molecular formula is C27H35BN2O5. The molecule has 2 aromatic carbocycles. The second-order valence-corrected chi connectivity index (χ2v) is 9.91. The summed E-state index contributed by atoms with van der Waals surface area (Å²) in [6.45, 7) is 11.8. The average molecular weight is 478 g/mol. The highest BCUT2D eigenvalue weighted by Gasteiger charge is 2.52. The zero-order valence-corrected chi connectivity index (χ0v) is 21.1. The van der Waals surface area contributed by atoms with Crippen LogP contribution >= 0.6 is 0 Å². The number of amides is 1. The van der Waals surface area contributed by atoms with Crippen molar-refractivity contribution in [2.24, 2.45) is 0 Å². The molecule has 0 aliphatic carbocycles. The molecule has 186 valence electrons. The molecule has 0 unspecified atom stereocenters. The number of rotatable bonds is 7. The van der Waals surface area contributed by atoms with E-state index in [9.17, 15) is 4.79 Å². The lowest BCUT2D eigenvalue weighted by Crippen LogP contribution is -2.41. The third-order valence-electron chi connectivity index (χ3n) is 6.83. The number of nitrogens with zero attached hydrogens (tertiary/aromatic N) is 1. The van der Waals surface area contributed by atoms with Crippen LogP contribution in [0.4, 0.5) is 10.5 Å². The highest BCUT2D eigenvalue weighted by atomic mass is 16.7. The van der Waals surface area contributed by atoms with Gasteiger partial charge in [-0.15, -0.1) is 0 Å². The van der Waals surface area contributed by atoms with E-state index in [1.54, 1.807) is 0 Å². The number of morpholine rings is 1. The molecule has 2 aromatic rings. The molecule has 0 spiro atoms. The molecule has 0 saturated carbocycles. The first kappa shape index (κ1) is 25.3. The Labute approximate surface area is 208 Å². The predicted octanol–water partition coefficient (Wildman–Crippen LogP) is 4.46. The maximum atomic E-state index is 12.4. The Hall–Kier alpha value is -2.81. The molecule has 8 heteroatoms. The number of alkyl carbamates (subject to hydrolysis) is 1. The van der Waals surface area contributed by atoms with Gasteiger partial charge in [0.25, 0.3) is 0 Å². The van der Waals surface area contributed by atoms with Crippen molar-refractivity contribution in [2.75, 3.05) is 37.7 Å². The third-order valence-corrected chi connectivity index (χ3v) is 6.83. The predicted molar refractivity (Wildman–Crippen MR) is 138 cm³/mol. The van der Waals surface area contributed by atoms with Gasteiger partial charge in [0.2, 0.25) is 0 Å². The number of anilines is 1. The van der Waals surface area contributed by atoms with Crippen molar-refractivity contribution in [1.29, 1.82) is 0 Å². The van der Waals surface area contributed by atoms with Crippen LogP contribution in [0.15, 0.2) is 60.1 Å². The second kappa shape index (κ2) is 10.9. The Morgan fingerprint density at radius 3 is 2.26 bits per heavy atom. The fourth-order valence-electron chi connectivity index (χ4n) is 3.96. The first-order valence-corrected chi connectivity index (χ1v) is 12.2. The first-order valence-electron chi connectivity index (χ1n) is 12.2. The molecule has 7 nitrogen and oxygen atoms in total. The molecule has 2 aliphatic heterocycles. The SMILES string of the molecule is CC1(C)OB(C(=Cc2ccc(N3CCOCC3)cc2)CNC(=O)OCc2ccccc2)OC1(C)C. The summed E-state index contributed by atoms with van der Waals surface area (Å²) in [5.74, 6) is 0. The lowest BCUT2D eigenvalue weighted by atomic mass is 9.77. The van der Waals surface area contributed by atoms with Crippen molar-refractivity contribution in [2.45, 2.75) is 45.5 Å². The van der Waals surface area contributed by atoms with Crippen LogP contribution in [0, 0.1) is 0 Å². The number of benzene rings is 2. The zero-order valence-electron chi connectivity index (χ0n) is 21.1. The topological polar surface area (TPSA) is 69.3 Å². The second-order valence-electron chi connectivity index (χ2n) is 9.91. The summed E-state index contributed by atoms with van der Waals surface area (Å²) in [5.41, 5.74) is 2.97. The Morgan fingerprint density at radius 1 is 1.00 bits per heavy atom.